The van der Waals surface area contributed by atoms with Crippen molar-refractivity contribution in [3.8, 4) is 5.75 Å². The van der Waals surface area contributed by atoms with Crippen molar-refractivity contribution in [1.82, 2.24) is 25.6 Å². The minimum Gasteiger partial charge on any atom is -0.507 e. The van der Waals surface area contributed by atoms with Crippen LogP contribution in [0.1, 0.15) is 33.6 Å². The summed E-state index contributed by atoms with van der Waals surface area (Å²) < 4.78 is 1.61. The molecule has 29 heavy (non-hydrogen) atoms. The van der Waals surface area contributed by atoms with Gasteiger partial charge in [0.25, 0.3) is 11.5 Å². The minimum absolute atomic E-state index is 0.0173. The number of nitrogens with zero attached hydrogens (tertiary/aromatic N) is 2. The smallest absolute Gasteiger partial charge is 0.273 e. The van der Waals surface area contributed by atoms with Gasteiger partial charge in [-0.1, -0.05) is 11.6 Å². The lowest BCUT2D eigenvalue weighted by molar-refractivity contribution is -0.121. The number of benzene rings is 1. The highest BCUT2D eigenvalue weighted by atomic mass is 35.5. The molecule has 1 aromatic carbocycles. The molecule has 0 bridgehead atoms. The van der Waals surface area contributed by atoms with Gasteiger partial charge in [-0.25, -0.2) is 0 Å². The molecule has 0 aliphatic rings. The molecule has 0 atom stereocenters. The number of aromatic amines is 1. The first-order valence-corrected chi connectivity index (χ1v) is 9.19. The largest absolute Gasteiger partial charge is 0.507 e. The summed E-state index contributed by atoms with van der Waals surface area (Å²) >= 11 is 5.81. The van der Waals surface area contributed by atoms with E-state index >= 15 is 0 Å². The van der Waals surface area contributed by atoms with Crippen molar-refractivity contribution < 1.29 is 14.7 Å². The summed E-state index contributed by atoms with van der Waals surface area (Å²) in [5.74, 6) is -1.45. The number of nitrogens with one attached hydrogen (secondary N) is 3. The van der Waals surface area contributed by atoms with Crippen LogP contribution in [0.3, 0.4) is 0 Å². The van der Waals surface area contributed by atoms with Gasteiger partial charge >= 0.3 is 0 Å². The Labute approximate surface area is 170 Å². The Hall–Kier alpha value is -3.33. The van der Waals surface area contributed by atoms with Crippen LogP contribution in [0.2, 0.25) is 5.02 Å². The van der Waals surface area contributed by atoms with Crippen LogP contribution in [0.4, 0.5) is 0 Å². The highest BCUT2D eigenvalue weighted by molar-refractivity contribution is 6.31. The number of rotatable bonds is 4. The molecule has 0 saturated carbocycles. The molecule has 9 nitrogen and oxygen atoms in total. The SMILES string of the molecule is Cc1nn(C)c2[nH]c(=O)c(CCC(=O)NNC(=O)c3cc(Cl)ccc3O)c(C)c12. The van der Waals surface area contributed by atoms with E-state index < -0.39 is 11.8 Å². The number of phenolic OH excluding ortho intramolecular Hbond substituents is 1. The average Bonchev–Trinajstić information content (AvgIpc) is 2.95. The number of halogens is 1. The number of amides is 2. The number of hydrogen-bond acceptors (Lipinski definition) is 5. The van der Waals surface area contributed by atoms with Gasteiger partial charge < -0.3 is 10.1 Å². The number of H-pyrrole nitrogens is 1. The minimum atomic E-state index is -0.709. The molecule has 2 amide bonds. The standard InChI is InChI=1S/C19H20ClN5O4/c1-9-12(18(28)21-17-16(9)10(2)24-25(17)3)5-7-15(27)22-23-19(29)13-8-11(20)4-6-14(13)26/h4,6,8,26H,5,7H2,1-3H3,(H,21,28)(H,22,27)(H,23,29). The lowest BCUT2D eigenvalue weighted by atomic mass is 10.0. The van der Waals surface area contributed by atoms with Crippen LogP contribution in [-0.2, 0) is 18.3 Å². The Balaban J connectivity index is 1.67. The number of carbonyl (C=O) groups is 2. The second-order valence-electron chi connectivity index (χ2n) is 6.65. The molecule has 0 fully saturated rings. The molecule has 10 heteroatoms. The van der Waals surface area contributed by atoms with E-state index in [1.807, 2.05) is 13.8 Å². The summed E-state index contributed by atoms with van der Waals surface area (Å²) in [6, 6.07) is 4.00. The third-order valence-corrected chi connectivity index (χ3v) is 4.91. The fraction of sp³-hybridized carbons (Fsp3) is 0.263. The molecule has 0 spiro atoms. The van der Waals surface area contributed by atoms with Gasteiger partial charge in [0.05, 0.1) is 11.3 Å². The summed E-state index contributed by atoms with van der Waals surface area (Å²) in [6.45, 7) is 3.67. The van der Waals surface area contributed by atoms with Gasteiger partial charge in [0, 0.05) is 29.4 Å². The maximum absolute atomic E-state index is 12.4. The summed E-state index contributed by atoms with van der Waals surface area (Å²) in [6.07, 6.45) is 0.173. The first-order valence-electron chi connectivity index (χ1n) is 8.81. The quantitative estimate of drug-likeness (QED) is 0.479. The Bertz CT molecular complexity index is 1180. The second-order valence-corrected chi connectivity index (χ2v) is 7.09. The van der Waals surface area contributed by atoms with Crippen LogP contribution in [0.25, 0.3) is 11.0 Å². The number of carbonyl (C=O) groups excluding carboxylic acids is 2. The molecule has 0 saturated heterocycles. The van der Waals surface area contributed by atoms with Gasteiger partial charge in [-0.3, -0.25) is 29.9 Å². The van der Waals surface area contributed by atoms with Gasteiger partial charge in [0.2, 0.25) is 5.91 Å². The van der Waals surface area contributed by atoms with E-state index in [9.17, 15) is 19.5 Å². The number of hydrazine groups is 1. The lowest BCUT2D eigenvalue weighted by Crippen LogP contribution is -2.41. The molecule has 0 aliphatic carbocycles. The van der Waals surface area contributed by atoms with Crippen LogP contribution in [0.5, 0.6) is 5.75 Å². The van der Waals surface area contributed by atoms with E-state index in [4.69, 9.17) is 11.6 Å². The van der Waals surface area contributed by atoms with Gasteiger partial charge in [0.1, 0.15) is 11.4 Å². The van der Waals surface area contributed by atoms with Gasteiger partial charge in [0.15, 0.2) is 0 Å². The van der Waals surface area contributed by atoms with Crippen molar-refractivity contribution in [3.63, 3.8) is 0 Å². The lowest BCUT2D eigenvalue weighted by Gasteiger charge is -2.10. The van der Waals surface area contributed by atoms with Crippen molar-refractivity contribution >= 4 is 34.4 Å². The first-order chi connectivity index (χ1) is 13.7. The van der Waals surface area contributed by atoms with Crippen LogP contribution in [0, 0.1) is 13.8 Å². The van der Waals surface area contributed by atoms with Crippen LogP contribution >= 0.6 is 11.6 Å². The Morgan fingerprint density at radius 1 is 1.28 bits per heavy atom. The van der Waals surface area contributed by atoms with Crippen molar-refractivity contribution in [2.24, 2.45) is 7.05 Å². The van der Waals surface area contributed by atoms with Gasteiger partial charge in [-0.05, 0) is 44.0 Å². The summed E-state index contributed by atoms with van der Waals surface area (Å²) in [5.41, 5.74) is 6.82. The van der Waals surface area contributed by atoms with Crippen LogP contribution in [0.15, 0.2) is 23.0 Å². The van der Waals surface area contributed by atoms with Gasteiger partial charge in [-0.2, -0.15) is 5.10 Å². The Morgan fingerprint density at radius 3 is 2.72 bits per heavy atom. The maximum Gasteiger partial charge on any atom is 0.273 e. The zero-order chi connectivity index (χ0) is 21.3. The van der Waals surface area contributed by atoms with Crippen molar-refractivity contribution in [2.75, 3.05) is 0 Å². The van der Waals surface area contributed by atoms with E-state index in [1.54, 1.807) is 11.7 Å². The summed E-state index contributed by atoms with van der Waals surface area (Å²) in [5, 5.41) is 15.2. The third kappa shape index (κ3) is 4.09. The molecule has 2 heterocycles. The van der Waals surface area contributed by atoms with Crippen LogP contribution in [-0.4, -0.2) is 31.7 Å². The molecule has 0 aliphatic heterocycles. The predicted octanol–water partition coefficient (Wildman–Crippen LogP) is 1.63. The first kappa shape index (κ1) is 20.4. The van der Waals surface area contributed by atoms with Crippen LogP contribution < -0.4 is 16.4 Å². The topological polar surface area (TPSA) is 129 Å². The van der Waals surface area contributed by atoms with E-state index in [0.29, 0.717) is 11.2 Å². The highest BCUT2D eigenvalue weighted by Crippen LogP contribution is 2.22. The molecule has 3 rings (SSSR count). The molecule has 4 N–H and O–H groups in total. The second kappa shape index (κ2) is 7.96. The number of phenols is 1. The fourth-order valence-corrected chi connectivity index (χ4v) is 3.41. The third-order valence-electron chi connectivity index (χ3n) is 4.68. The summed E-state index contributed by atoms with van der Waals surface area (Å²) in [4.78, 5) is 39.4. The van der Waals surface area contributed by atoms with Gasteiger partial charge in [-0.15, -0.1) is 0 Å². The number of aryl methyl sites for hydroxylation is 3. The molecule has 3 aromatic rings. The van der Waals surface area contributed by atoms with Crippen molar-refractivity contribution in [1.29, 1.82) is 0 Å². The molecule has 2 aromatic heterocycles. The highest BCUT2D eigenvalue weighted by Gasteiger charge is 2.17. The molecular formula is C19H20ClN5O4. The molecule has 0 radical (unpaired) electrons. The monoisotopic (exact) mass is 417 g/mol. The Morgan fingerprint density at radius 2 is 2.00 bits per heavy atom. The zero-order valence-corrected chi connectivity index (χ0v) is 16.8. The van der Waals surface area contributed by atoms with Crippen molar-refractivity contribution in [2.45, 2.75) is 26.7 Å². The van der Waals surface area contributed by atoms with E-state index in [0.717, 1.165) is 16.6 Å². The fourth-order valence-electron chi connectivity index (χ4n) is 3.24. The predicted molar refractivity (Wildman–Crippen MR) is 108 cm³/mol. The maximum atomic E-state index is 12.4. The number of hydrogen-bond donors (Lipinski definition) is 4. The number of pyridine rings is 1. The normalized spacial score (nSPS) is 10.9. The number of fused-ring (bicyclic) bond motifs is 1. The average molecular weight is 418 g/mol. The van der Waals surface area contributed by atoms with E-state index in [2.05, 4.69) is 20.9 Å². The molecule has 152 valence electrons. The van der Waals surface area contributed by atoms with E-state index in [1.165, 1.54) is 18.2 Å². The molecule has 0 unspecified atom stereocenters. The van der Waals surface area contributed by atoms with Crippen molar-refractivity contribution in [3.05, 3.63) is 56.0 Å². The van der Waals surface area contributed by atoms with E-state index in [-0.39, 0.29) is 34.7 Å². The molecular weight excluding hydrogens is 398 g/mol. The summed E-state index contributed by atoms with van der Waals surface area (Å²) in [7, 11) is 1.75. The zero-order valence-electron chi connectivity index (χ0n) is 16.1. The Kier molecular flexibility index (Phi) is 5.60. The number of aromatic hydroxyl groups is 1. The number of aromatic nitrogens is 3.